The Bertz CT molecular complexity index is 620. The zero-order valence-electron chi connectivity index (χ0n) is 13.3. The lowest BCUT2D eigenvalue weighted by molar-refractivity contribution is -0.144. The SMILES string of the molecule is CCOC(=O)C(N)Cc1ccc(COc2ccc(OC)cc2)o1. The van der Waals surface area contributed by atoms with Crippen LogP contribution in [0.1, 0.15) is 18.4 Å². The average Bonchev–Trinajstić information content (AvgIpc) is 3.01. The fourth-order valence-corrected chi connectivity index (χ4v) is 1.99. The number of furan rings is 1. The molecule has 0 spiro atoms. The van der Waals surface area contributed by atoms with E-state index in [-0.39, 0.29) is 0 Å². The van der Waals surface area contributed by atoms with Gasteiger partial charge in [-0.2, -0.15) is 0 Å². The Morgan fingerprint density at radius 3 is 2.43 bits per heavy atom. The lowest BCUT2D eigenvalue weighted by atomic mass is 10.2. The number of hydrogen-bond acceptors (Lipinski definition) is 6. The summed E-state index contributed by atoms with van der Waals surface area (Å²) in [5.41, 5.74) is 5.76. The molecule has 2 aromatic rings. The summed E-state index contributed by atoms with van der Waals surface area (Å²) in [4.78, 5) is 11.5. The van der Waals surface area contributed by atoms with Crippen LogP contribution in [0.15, 0.2) is 40.8 Å². The van der Waals surface area contributed by atoms with Gasteiger partial charge in [0.2, 0.25) is 0 Å². The highest BCUT2D eigenvalue weighted by atomic mass is 16.5. The van der Waals surface area contributed by atoms with Gasteiger partial charge in [0, 0.05) is 6.42 Å². The second-order valence-electron chi connectivity index (χ2n) is 4.89. The third kappa shape index (κ3) is 5.03. The Kier molecular flexibility index (Phi) is 6.05. The molecule has 0 radical (unpaired) electrons. The molecule has 0 saturated heterocycles. The maximum absolute atomic E-state index is 11.5. The van der Waals surface area contributed by atoms with Gasteiger partial charge in [-0.3, -0.25) is 4.79 Å². The zero-order valence-corrected chi connectivity index (χ0v) is 13.3. The molecule has 6 heteroatoms. The number of benzene rings is 1. The standard InChI is InChI=1S/C17H21NO5/c1-3-21-17(19)16(18)10-14-8-9-15(23-14)11-22-13-6-4-12(20-2)5-7-13/h4-9,16H,3,10-11,18H2,1-2H3. The summed E-state index contributed by atoms with van der Waals surface area (Å²) in [6.07, 6.45) is 0.293. The van der Waals surface area contributed by atoms with Crippen molar-refractivity contribution in [3.63, 3.8) is 0 Å². The maximum atomic E-state index is 11.5. The molecule has 0 amide bonds. The lowest BCUT2D eigenvalue weighted by Crippen LogP contribution is -2.34. The van der Waals surface area contributed by atoms with Crippen LogP contribution in [0, 0.1) is 0 Å². The minimum absolute atomic E-state index is 0.293. The Labute approximate surface area is 135 Å². The molecule has 23 heavy (non-hydrogen) atoms. The van der Waals surface area contributed by atoms with E-state index in [1.165, 1.54) is 0 Å². The van der Waals surface area contributed by atoms with Crippen LogP contribution in [0.3, 0.4) is 0 Å². The van der Waals surface area contributed by atoms with Crippen molar-refractivity contribution in [1.82, 2.24) is 0 Å². The zero-order chi connectivity index (χ0) is 16.7. The molecule has 0 saturated carbocycles. The quantitative estimate of drug-likeness (QED) is 0.752. The van der Waals surface area contributed by atoms with Crippen molar-refractivity contribution in [2.75, 3.05) is 13.7 Å². The second-order valence-corrected chi connectivity index (χ2v) is 4.89. The number of nitrogens with two attached hydrogens (primary N) is 1. The first-order valence-corrected chi connectivity index (χ1v) is 7.39. The number of hydrogen-bond donors (Lipinski definition) is 1. The van der Waals surface area contributed by atoms with Crippen LogP contribution in [0.5, 0.6) is 11.5 Å². The van der Waals surface area contributed by atoms with E-state index in [1.54, 1.807) is 26.2 Å². The van der Waals surface area contributed by atoms with Crippen LogP contribution in [0.25, 0.3) is 0 Å². The van der Waals surface area contributed by atoms with E-state index in [9.17, 15) is 4.79 Å². The average molecular weight is 319 g/mol. The molecule has 0 aliphatic heterocycles. The lowest BCUT2D eigenvalue weighted by Gasteiger charge is -2.08. The van der Waals surface area contributed by atoms with E-state index in [0.29, 0.717) is 36.9 Å². The summed E-state index contributed by atoms with van der Waals surface area (Å²) in [5.74, 6) is 2.34. The van der Waals surface area contributed by atoms with Crippen molar-refractivity contribution in [3.05, 3.63) is 47.9 Å². The van der Waals surface area contributed by atoms with Crippen molar-refractivity contribution < 1.29 is 23.4 Å². The highest BCUT2D eigenvalue weighted by Gasteiger charge is 2.17. The van der Waals surface area contributed by atoms with E-state index in [0.717, 1.165) is 5.75 Å². The topological polar surface area (TPSA) is 83.9 Å². The number of carbonyl (C=O) groups is 1. The minimum Gasteiger partial charge on any atom is -0.497 e. The van der Waals surface area contributed by atoms with Crippen molar-refractivity contribution in [2.45, 2.75) is 26.0 Å². The van der Waals surface area contributed by atoms with Gasteiger partial charge in [0.15, 0.2) is 0 Å². The molecule has 1 heterocycles. The summed E-state index contributed by atoms with van der Waals surface area (Å²) in [6.45, 7) is 2.35. The molecule has 0 fully saturated rings. The van der Waals surface area contributed by atoms with Gasteiger partial charge >= 0.3 is 5.97 Å². The van der Waals surface area contributed by atoms with Crippen LogP contribution in [-0.2, 0) is 22.6 Å². The summed E-state index contributed by atoms with van der Waals surface area (Å²) < 4.78 is 21.2. The van der Waals surface area contributed by atoms with Gasteiger partial charge in [-0.1, -0.05) is 0 Å². The molecule has 0 aliphatic rings. The normalized spacial score (nSPS) is 11.8. The second kappa shape index (κ2) is 8.24. The molecule has 1 aromatic carbocycles. The van der Waals surface area contributed by atoms with Crippen LogP contribution in [0.4, 0.5) is 0 Å². The predicted octanol–water partition coefficient (Wildman–Crippen LogP) is 2.30. The van der Waals surface area contributed by atoms with Gasteiger partial charge in [-0.25, -0.2) is 0 Å². The van der Waals surface area contributed by atoms with Crippen LogP contribution in [-0.4, -0.2) is 25.7 Å². The fourth-order valence-electron chi connectivity index (χ4n) is 1.99. The van der Waals surface area contributed by atoms with Crippen molar-refractivity contribution in [3.8, 4) is 11.5 Å². The van der Waals surface area contributed by atoms with E-state index in [1.807, 2.05) is 24.3 Å². The molecule has 6 nitrogen and oxygen atoms in total. The largest absolute Gasteiger partial charge is 0.497 e. The van der Waals surface area contributed by atoms with Crippen LogP contribution < -0.4 is 15.2 Å². The van der Waals surface area contributed by atoms with Gasteiger partial charge in [0.05, 0.1) is 13.7 Å². The van der Waals surface area contributed by atoms with E-state index in [4.69, 9.17) is 24.4 Å². The molecule has 1 atom stereocenters. The van der Waals surface area contributed by atoms with Crippen molar-refractivity contribution >= 4 is 5.97 Å². The van der Waals surface area contributed by atoms with Gasteiger partial charge in [0.1, 0.15) is 35.7 Å². The summed E-state index contributed by atoms with van der Waals surface area (Å²) in [5, 5.41) is 0. The summed E-state index contributed by atoms with van der Waals surface area (Å²) in [7, 11) is 1.61. The monoisotopic (exact) mass is 319 g/mol. The molecular weight excluding hydrogens is 298 g/mol. The van der Waals surface area contributed by atoms with E-state index >= 15 is 0 Å². The molecule has 2 N–H and O–H groups in total. The predicted molar refractivity (Wildman–Crippen MR) is 84.3 cm³/mol. The highest BCUT2D eigenvalue weighted by Crippen LogP contribution is 2.19. The first-order valence-electron chi connectivity index (χ1n) is 7.39. The molecular formula is C17H21NO5. The molecule has 124 valence electrons. The number of esters is 1. The maximum Gasteiger partial charge on any atom is 0.323 e. The molecule has 1 aromatic heterocycles. The number of ether oxygens (including phenoxy) is 3. The van der Waals surface area contributed by atoms with Gasteiger partial charge in [-0.15, -0.1) is 0 Å². The van der Waals surface area contributed by atoms with Gasteiger partial charge in [-0.05, 0) is 43.3 Å². The Morgan fingerprint density at radius 1 is 1.13 bits per heavy atom. The Morgan fingerprint density at radius 2 is 1.78 bits per heavy atom. The minimum atomic E-state index is -0.726. The first-order chi connectivity index (χ1) is 11.1. The fraction of sp³-hybridized carbons (Fsp3) is 0.353. The van der Waals surface area contributed by atoms with Crippen molar-refractivity contribution in [1.29, 1.82) is 0 Å². The number of rotatable bonds is 8. The van der Waals surface area contributed by atoms with Gasteiger partial charge < -0.3 is 24.4 Å². The first kappa shape index (κ1) is 16.9. The Hall–Kier alpha value is -2.47. The third-order valence-corrected chi connectivity index (χ3v) is 3.17. The van der Waals surface area contributed by atoms with Gasteiger partial charge in [0.25, 0.3) is 0 Å². The van der Waals surface area contributed by atoms with E-state index in [2.05, 4.69) is 0 Å². The van der Waals surface area contributed by atoms with Crippen LogP contribution >= 0.6 is 0 Å². The number of methoxy groups -OCH3 is 1. The molecule has 0 bridgehead atoms. The third-order valence-electron chi connectivity index (χ3n) is 3.17. The summed E-state index contributed by atoms with van der Waals surface area (Å²) >= 11 is 0. The Balaban J connectivity index is 1.85. The molecule has 0 aliphatic carbocycles. The molecule has 2 rings (SSSR count). The molecule has 1 unspecified atom stereocenters. The number of carbonyl (C=O) groups excluding carboxylic acids is 1. The smallest absolute Gasteiger partial charge is 0.323 e. The summed E-state index contributed by atoms with van der Waals surface area (Å²) in [6, 6.07) is 10.1. The van der Waals surface area contributed by atoms with Crippen LogP contribution in [0.2, 0.25) is 0 Å². The van der Waals surface area contributed by atoms with Crippen molar-refractivity contribution in [2.24, 2.45) is 5.73 Å². The van der Waals surface area contributed by atoms with E-state index < -0.39 is 12.0 Å². The highest BCUT2D eigenvalue weighted by molar-refractivity contribution is 5.75.